The summed E-state index contributed by atoms with van der Waals surface area (Å²) in [6.07, 6.45) is 3.71. The van der Waals surface area contributed by atoms with Gasteiger partial charge in [-0.25, -0.2) is 4.39 Å². The number of aromatic nitrogens is 1. The number of rotatable bonds is 5. The molecule has 2 aliphatic rings. The molecule has 0 radical (unpaired) electrons. The zero-order valence-electron chi connectivity index (χ0n) is 26.8. The number of likely N-dealkylation sites (tertiary alicyclic amines) is 1. The van der Waals surface area contributed by atoms with Crippen LogP contribution in [0.25, 0.3) is 0 Å². The lowest BCUT2D eigenvalue weighted by molar-refractivity contribution is -0.131. The second-order valence-electron chi connectivity index (χ2n) is 11.7. The highest BCUT2D eigenvalue weighted by molar-refractivity contribution is 6.33. The Morgan fingerprint density at radius 2 is 1.85 bits per heavy atom. The van der Waals surface area contributed by atoms with Crippen LogP contribution in [0, 0.1) is 5.82 Å². The standard InChI is InChI=1S/C35H39ClFN5O6/c1-47-29-13-11-23-20-30(29)48-25-21-28(42(22-25)35(46)32-26(36)9-6-10-27(32)37)34(45)40-16-4-5-18-41(19-7-17-39-33(23)44)31(43)14-12-24-8-2-3-15-38-24/h2-3,6,8-11,13,15,20,25,28H,4-5,7,12,14,16-19,21-22H2,1H3,(H,39,44)(H,40,45)/t25-,28-/m0/s1. The second kappa shape index (κ2) is 16.4. The van der Waals surface area contributed by atoms with Crippen LogP contribution in [0.5, 0.6) is 11.5 Å². The molecule has 4 amide bonds. The fraction of sp³-hybridized carbons (Fsp3) is 0.400. The van der Waals surface area contributed by atoms with Crippen LogP contribution >= 0.6 is 11.6 Å². The second-order valence-corrected chi connectivity index (χ2v) is 12.1. The predicted molar refractivity (Wildman–Crippen MR) is 177 cm³/mol. The molecule has 13 heteroatoms. The molecule has 2 aliphatic heterocycles. The van der Waals surface area contributed by atoms with Gasteiger partial charge in [0.2, 0.25) is 11.8 Å². The third-order valence-electron chi connectivity index (χ3n) is 8.44. The molecule has 2 atom stereocenters. The number of methoxy groups -OCH3 is 1. The van der Waals surface area contributed by atoms with Crippen molar-refractivity contribution in [1.82, 2.24) is 25.4 Å². The number of aryl methyl sites for hydroxylation is 1. The van der Waals surface area contributed by atoms with Crippen molar-refractivity contribution in [2.45, 2.75) is 50.7 Å². The van der Waals surface area contributed by atoms with E-state index in [-0.39, 0.29) is 41.1 Å². The zero-order chi connectivity index (χ0) is 34.0. The average Bonchev–Trinajstić information content (AvgIpc) is 3.51. The zero-order valence-corrected chi connectivity index (χ0v) is 27.5. The van der Waals surface area contributed by atoms with E-state index in [0.29, 0.717) is 69.6 Å². The van der Waals surface area contributed by atoms with Gasteiger partial charge in [0, 0.05) is 56.5 Å². The maximum absolute atomic E-state index is 14.8. The van der Waals surface area contributed by atoms with Gasteiger partial charge in [-0.3, -0.25) is 24.2 Å². The number of carbonyl (C=O) groups is 4. The van der Waals surface area contributed by atoms with Gasteiger partial charge >= 0.3 is 0 Å². The van der Waals surface area contributed by atoms with E-state index in [1.54, 1.807) is 29.3 Å². The van der Waals surface area contributed by atoms with Crippen molar-refractivity contribution in [2.24, 2.45) is 0 Å². The van der Waals surface area contributed by atoms with E-state index in [1.807, 2.05) is 18.2 Å². The Labute approximate surface area is 283 Å². The molecule has 1 fully saturated rings. The van der Waals surface area contributed by atoms with Gasteiger partial charge < -0.3 is 29.9 Å². The van der Waals surface area contributed by atoms with E-state index >= 15 is 0 Å². The average molecular weight is 680 g/mol. The minimum absolute atomic E-state index is 0.0168. The molecule has 0 saturated carbocycles. The molecule has 1 aromatic heterocycles. The van der Waals surface area contributed by atoms with Crippen molar-refractivity contribution in [3.63, 3.8) is 0 Å². The number of hydrogen-bond acceptors (Lipinski definition) is 7. The Morgan fingerprint density at radius 3 is 2.62 bits per heavy atom. The molecular weight excluding hydrogens is 641 g/mol. The van der Waals surface area contributed by atoms with Crippen molar-refractivity contribution in [3.8, 4) is 11.5 Å². The highest BCUT2D eigenvalue weighted by atomic mass is 35.5. The number of nitrogens with zero attached hydrogens (tertiary/aromatic N) is 3. The first-order chi connectivity index (χ1) is 23.2. The first-order valence-electron chi connectivity index (χ1n) is 16.1. The van der Waals surface area contributed by atoms with Gasteiger partial charge in [-0.2, -0.15) is 0 Å². The quantitative estimate of drug-likeness (QED) is 0.417. The van der Waals surface area contributed by atoms with Crippen molar-refractivity contribution in [1.29, 1.82) is 0 Å². The highest BCUT2D eigenvalue weighted by Crippen LogP contribution is 2.33. The molecule has 0 aliphatic carbocycles. The minimum Gasteiger partial charge on any atom is -0.493 e. The number of pyridine rings is 1. The molecule has 3 aromatic rings. The van der Waals surface area contributed by atoms with Crippen LogP contribution in [0.1, 0.15) is 58.5 Å². The van der Waals surface area contributed by atoms with Crippen LogP contribution in [0.4, 0.5) is 4.39 Å². The van der Waals surface area contributed by atoms with Crippen molar-refractivity contribution in [2.75, 3.05) is 39.8 Å². The number of amides is 4. The van der Waals surface area contributed by atoms with Crippen LogP contribution in [0.15, 0.2) is 60.8 Å². The van der Waals surface area contributed by atoms with E-state index < -0.39 is 29.8 Å². The molecule has 0 spiro atoms. The van der Waals surface area contributed by atoms with E-state index in [1.165, 1.54) is 24.1 Å². The van der Waals surface area contributed by atoms with Crippen LogP contribution in [-0.2, 0) is 16.0 Å². The molecule has 0 unspecified atom stereocenters. The Bertz CT molecular complexity index is 1610. The van der Waals surface area contributed by atoms with Crippen LogP contribution in [0.3, 0.4) is 0 Å². The predicted octanol–water partition coefficient (Wildman–Crippen LogP) is 4.04. The number of hydrogen-bond donors (Lipinski definition) is 2. The summed E-state index contributed by atoms with van der Waals surface area (Å²) in [4.78, 5) is 60.9. The minimum atomic E-state index is -0.970. The summed E-state index contributed by atoms with van der Waals surface area (Å²) in [5.41, 5.74) is 0.835. The molecular formula is C35H39ClFN5O6. The number of fused-ring (bicyclic) bond motifs is 4. The number of carbonyl (C=O) groups excluding carboxylic acids is 4. The van der Waals surface area contributed by atoms with E-state index in [9.17, 15) is 23.6 Å². The fourth-order valence-corrected chi connectivity index (χ4v) is 6.17. The van der Waals surface area contributed by atoms with E-state index in [4.69, 9.17) is 21.1 Å². The van der Waals surface area contributed by atoms with Gasteiger partial charge in [-0.05, 0) is 68.1 Å². The van der Waals surface area contributed by atoms with E-state index in [0.717, 1.165) is 11.8 Å². The lowest BCUT2D eigenvalue weighted by Gasteiger charge is -2.25. The third kappa shape index (κ3) is 8.60. The summed E-state index contributed by atoms with van der Waals surface area (Å²) >= 11 is 6.23. The van der Waals surface area contributed by atoms with Crippen LogP contribution in [-0.4, -0.2) is 90.4 Å². The van der Waals surface area contributed by atoms with Gasteiger partial charge in [-0.15, -0.1) is 0 Å². The normalized spacial score (nSPS) is 19.2. The van der Waals surface area contributed by atoms with Gasteiger partial charge in [0.1, 0.15) is 18.0 Å². The summed E-state index contributed by atoms with van der Waals surface area (Å²) in [5.74, 6) is -1.66. The summed E-state index contributed by atoms with van der Waals surface area (Å²) in [5, 5.41) is 5.75. The van der Waals surface area contributed by atoms with Crippen molar-refractivity contribution >= 4 is 35.2 Å². The highest BCUT2D eigenvalue weighted by Gasteiger charge is 2.42. The molecule has 5 rings (SSSR count). The molecule has 254 valence electrons. The maximum Gasteiger partial charge on any atom is 0.259 e. The van der Waals surface area contributed by atoms with Crippen LogP contribution < -0.4 is 20.1 Å². The van der Waals surface area contributed by atoms with E-state index in [2.05, 4.69) is 15.6 Å². The lowest BCUT2D eigenvalue weighted by atomic mass is 10.1. The molecule has 11 nitrogen and oxygen atoms in total. The first kappa shape index (κ1) is 34.6. The Morgan fingerprint density at radius 1 is 1.04 bits per heavy atom. The number of ether oxygens (including phenoxy) is 2. The maximum atomic E-state index is 14.8. The number of benzene rings is 2. The molecule has 3 heterocycles. The summed E-state index contributed by atoms with van der Waals surface area (Å²) < 4.78 is 26.5. The van der Waals surface area contributed by atoms with Gasteiger partial charge in [0.15, 0.2) is 11.5 Å². The topological polar surface area (TPSA) is 130 Å². The molecule has 48 heavy (non-hydrogen) atoms. The smallest absolute Gasteiger partial charge is 0.259 e. The number of halogens is 2. The van der Waals surface area contributed by atoms with Crippen molar-refractivity contribution < 1.29 is 33.0 Å². The molecule has 2 N–H and O–H groups in total. The van der Waals surface area contributed by atoms with Gasteiger partial charge in [0.25, 0.3) is 11.8 Å². The monoisotopic (exact) mass is 679 g/mol. The van der Waals surface area contributed by atoms with Crippen LogP contribution in [0.2, 0.25) is 5.02 Å². The fourth-order valence-electron chi connectivity index (χ4n) is 5.92. The first-order valence-corrected chi connectivity index (χ1v) is 16.5. The van der Waals surface area contributed by atoms with Gasteiger partial charge in [0.05, 0.1) is 24.2 Å². The van der Waals surface area contributed by atoms with Crippen molar-refractivity contribution in [3.05, 3.63) is 88.5 Å². The Kier molecular flexibility index (Phi) is 11.8. The summed E-state index contributed by atoms with van der Waals surface area (Å²) in [6, 6.07) is 13.3. The third-order valence-corrected chi connectivity index (χ3v) is 8.76. The number of nitrogens with one attached hydrogen (secondary N) is 2. The lowest BCUT2D eigenvalue weighted by Crippen LogP contribution is -2.46. The SMILES string of the molecule is COc1ccc2cc1O[C@H]1C[C@@H](C(=O)NCCCCN(C(=O)CCc3ccccn3)CCCNC2=O)N(C(=O)c2c(F)cccc2Cl)C1. The summed E-state index contributed by atoms with van der Waals surface area (Å²) in [6.45, 7) is 1.55. The van der Waals surface area contributed by atoms with Gasteiger partial charge in [-0.1, -0.05) is 23.7 Å². The molecule has 2 aromatic carbocycles. The molecule has 1 saturated heterocycles. The molecule has 4 bridgehead atoms. The Hall–Kier alpha value is -4.71. The summed E-state index contributed by atoms with van der Waals surface area (Å²) in [7, 11) is 1.47. The Balaban J connectivity index is 1.36. The largest absolute Gasteiger partial charge is 0.493 e.